The van der Waals surface area contributed by atoms with Crippen LogP contribution in [-0.2, 0) is 9.53 Å². The first-order valence-corrected chi connectivity index (χ1v) is 9.59. The number of aromatic nitrogens is 1. The summed E-state index contributed by atoms with van der Waals surface area (Å²) >= 11 is 1.32. The second kappa shape index (κ2) is 9.20. The zero-order chi connectivity index (χ0) is 20.8. The molecule has 29 heavy (non-hydrogen) atoms. The van der Waals surface area contributed by atoms with E-state index in [2.05, 4.69) is 10.3 Å². The average Bonchev–Trinajstić information content (AvgIpc) is 3.22. The Morgan fingerprint density at radius 3 is 2.52 bits per heavy atom. The van der Waals surface area contributed by atoms with Crippen molar-refractivity contribution in [2.24, 2.45) is 0 Å². The fourth-order valence-electron chi connectivity index (χ4n) is 2.54. The number of nitrogens with zero attached hydrogens (tertiary/aromatic N) is 1. The fourth-order valence-corrected chi connectivity index (χ4v) is 3.34. The van der Waals surface area contributed by atoms with E-state index in [4.69, 9.17) is 14.2 Å². The molecule has 0 saturated carbocycles. The van der Waals surface area contributed by atoms with Gasteiger partial charge in [0.2, 0.25) is 0 Å². The number of ether oxygens (including phenoxy) is 3. The Hall–Kier alpha value is -3.39. The number of nitrogens with one attached hydrogen (secondary N) is 1. The van der Waals surface area contributed by atoms with Crippen LogP contribution in [0.1, 0.15) is 16.1 Å². The molecule has 7 nitrogen and oxygen atoms in total. The molecule has 1 aromatic heterocycles. The number of hydrogen-bond donors (Lipinski definition) is 1. The van der Waals surface area contributed by atoms with Gasteiger partial charge in [0.05, 0.1) is 19.9 Å². The number of esters is 1. The number of aryl methyl sites for hydroxylation is 1. The molecule has 0 fully saturated rings. The molecule has 150 valence electrons. The second-order valence-electron chi connectivity index (χ2n) is 6.09. The van der Waals surface area contributed by atoms with Crippen LogP contribution in [0.4, 0.5) is 5.69 Å². The number of carbonyl (C=O) groups excluding carboxylic acids is 2. The van der Waals surface area contributed by atoms with Crippen LogP contribution in [0.3, 0.4) is 0 Å². The third-order valence-corrected chi connectivity index (χ3v) is 4.91. The largest absolute Gasteiger partial charge is 0.497 e. The Balaban J connectivity index is 1.59. The Morgan fingerprint density at radius 1 is 1.07 bits per heavy atom. The minimum absolute atomic E-state index is 0.154. The van der Waals surface area contributed by atoms with Crippen LogP contribution >= 0.6 is 11.3 Å². The van der Waals surface area contributed by atoms with Gasteiger partial charge in [-0.2, -0.15) is 0 Å². The van der Waals surface area contributed by atoms with Crippen molar-refractivity contribution in [1.82, 2.24) is 4.98 Å². The molecule has 0 aliphatic rings. The first-order chi connectivity index (χ1) is 14.0. The van der Waals surface area contributed by atoms with Gasteiger partial charge >= 0.3 is 5.97 Å². The maximum Gasteiger partial charge on any atom is 0.358 e. The Morgan fingerprint density at radius 2 is 1.83 bits per heavy atom. The number of carbonyl (C=O) groups is 2. The molecule has 1 amide bonds. The SMILES string of the molecule is COc1ccc(-c2nc(C(=O)OCC(=O)Nc3cc(C)ccc3OC)cs2)cc1. The number of benzene rings is 2. The monoisotopic (exact) mass is 412 g/mol. The van der Waals surface area contributed by atoms with E-state index in [0.717, 1.165) is 16.9 Å². The molecule has 0 bridgehead atoms. The molecule has 3 rings (SSSR count). The van der Waals surface area contributed by atoms with Crippen LogP contribution in [0.5, 0.6) is 11.5 Å². The zero-order valence-corrected chi connectivity index (χ0v) is 17.0. The maximum atomic E-state index is 12.2. The summed E-state index contributed by atoms with van der Waals surface area (Å²) in [6, 6.07) is 12.8. The molecular formula is C21H20N2O5S. The maximum absolute atomic E-state index is 12.2. The van der Waals surface area contributed by atoms with E-state index in [0.29, 0.717) is 16.4 Å². The van der Waals surface area contributed by atoms with Gasteiger partial charge in [-0.15, -0.1) is 11.3 Å². The lowest BCUT2D eigenvalue weighted by Crippen LogP contribution is -2.21. The minimum Gasteiger partial charge on any atom is -0.497 e. The number of methoxy groups -OCH3 is 2. The third-order valence-electron chi connectivity index (χ3n) is 4.01. The Labute approximate surface area is 172 Å². The summed E-state index contributed by atoms with van der Waals surface area (Å²) in [4.78, 5) is 28.7. The molecule has 3 aromatic rings. The molecule has 8 heteroatoms. The van der Waals surface area contributed by atoms with Crippen molar-refractivity contribution in [2.75, 3.05) is 26.1 Å². The van der Waals surface area contributed by atoms with E-state index in [1.54, 1.807) is 24.6 Å². The lowest BCUT2D eigenvalue weighted by atomic mass is 10.2. The van der Waals surface area contributed by atoms with E-state index >= 15 is 0 Å². The first-order valence-electron chi connectivity index (χ1n) is 8.71. The molecule has 0 atom stereocenters. The summed E-state index contributed by atoms with van der Waals surface area (Å²) in [7, 11) is 3.11. The highest BCUT2D eigenvalue weighted by atomic mass is 32.1. The van der Waals surface area contributed by atoms with Crippen molar-refractivity contribution in [3.63, 3.8) is 0 Å². The van der Waals surface area contributed by atoms with Crippen LogP contribution in [0.15, 0.2) is 47.8 Å². The minimum atomic E-state index is -0.660. The first kappa shape index (κ1) is 20.3. The molecule has 2 aromatic carbocycles. The predicted octanol–water partition coefficient (Wildman–Crippen LogP) is 3.93. The van der Waals surface area contributed by atoms with Crippen LogP contribution in [0.2, 0.25) is 0 Å². The molecule has 0 aliphatic carbocycles. The highest BCUT2D eigenvalue weighted by Gasteiger charge is 2.16. The van der Waals surface area contributed by atoms with Crippen molar-refractivity contribution in [3.05, 3.63) is 59.1 Å². The topological polar surface area (TPSA) is 86.8 Å². The summed E-state index contributed by atoms with van der Waals surface area (Å²) in [6.07, 6.45) is 0. The van der Waals surface area contributed by atoms with Crippen LogP contribution in [0.25, 0.3) is 10.6 Å². The lowest BCUT2D eigenvalue weighted by Gasteiger charge is -2.11. The van der Waals surface area contributed by atoms with Crippen molar-refractivity contribution >= 4 is 28.9 Å². The van der Waals surface area contributed by atoms with Crippen molar-refractivity contribution in [3.8, 4) is 22.1 Å². The Kier molecular flexibility index (Phi) is 6.46. The predicted molar refractivity (Wildman–Crippen MR) is 111 cm³/mol. The van der Waals surface area contributed by atoms with Gasteiger partial charge in [-0.1, -0.05) is 6.07 Å². The number of anilines is 1. The van der Waals surface area contributed by atoms with Crippen molar-refractivity contribution < 1.29 is 23.8 Å². The third kappa shape index (κ3) is 5.11. The molecule has 0 unspecified atom stereocenters. The molecular weight excluding hydrogens is 392 g/mol. The van der Waals surface area contributed by atoms with Crippen LogP contribution in [0, 0.1) is 6.92 Å². The van der Waals surface area contributed by atoms with Gasteiger partial charge in [-0.3, -0.25) is 4.79 Å². The molecule has 1 N–H and O–H groups in total. The van der Waals surface area contributed by atoms with Crippen LogP contribution in [-0.4, -0.2) is 37.7 Å². The van der Waals surface area contributed by atoms with Crippen LogP contribution < -0.4 is 14.8 Å². The number of amides is 1. The number of hydrogen-bond acceptors (Lipinski definition) is 7. The molecule has 0 radical (unpaired) electrons. The van der Waals surface area contributed by atoms with E-state index < -0.39 is 18.5 Å². The standard InChI is InChI=1S/C21H20N2O5S/c1-13-4-9-18(27-3)16(10-13)22-19(24)11-28-21(25)17-12-29-20(23-17)14-5-7-15(26-2)8-6-14/h4-10,12H,11H2,1-3H3,(H,22,24). The van der Waals surface area contributed by atoms with Gasteiger partial charge in [-0.05, 0) is 48.9 Å². The van der Waals surface area contributed by atoms with Gasteiger partial charge in [0.25, 0.3) is 5.91 Å². The van der Waals surface area contributed by atoms with Gasteiger partial charge in [0.1, 0.15) is 16.5 Å². The van der Waals surface area contributed by atoms with E-state index in [1.807, 2.05) is 37.3 Å². The highest BCUT2D eigenvalue weighted by Crippen LogP contribution is 2.26. The number of thiazole rings is 1. The van der Waals surface area contributed by atoms with E-state index in [1.165, 1.54) is 18.4 Å². The summed E-state index contributed by atoms with van der Waals surface area (Å²) in [5.41, 5.74) is 2.50. The average molecular weight is 412 g/mol. The summed E-state index contributed by atoms with van der Waals surface area (Å²) in [6.45, 7) is 1.48. The Bertz CT molecular complexity index is 1010. The number of rotatable bonds is 7. The zero-order valence-electron chi connectivity index (χ0n) is 16.2. The van der Waals surface area contributed by atoms with E-state index in [9.17, 15) is 9.59 Å². The summed E-state index contributed by atoms with van der Waals surface area (Å²) in [5, 5.41) is 4.96. The van der Waals surface area contributed by atoms with Gasteiger partial charge < -0.3 is 19.5 Å². The van der Waals surface area contributed by atoms with Gasteiger partial charge in [0.15, 0.2) is 12.3 Å². The quantitative estimate of drug-likeness (QED) is 0.592. The normalized spacial score (nSPS) is 10.3. The van der Waals surface area contributed by atoms with E-state index in [-0.39, 0.29) is 5.69 Å². The second-order valence-corrected chi connectivity index (χ2v) is 6.95. The lowest BCUT2D eigenvalue weighted by molar-refractivity contribution is -0.119. The van der Waals surface area contributed by atoms with Gasteiger partial charge in [0, 0.05) is 10.9 Å². The summed E-state index contributed by atoms with van der Waals surface area (Å²) < 4.78 is 15.4. The highest BCUT2D eigenvalue weighted by molar-refractivity contribution is 7.13. The van der Waals surface area contributed by atoms with Gasteiger partial charge in [-0.25, -0.2) is 9.78 Å². The molecule has 1 heterocycles. The van der Waals surface area contributed by atoms with Crippen molar-refractivity contribution in [1.29, 1.82) is 0 Å². The molecule has 0 spiro atoms. The fraction of sp³-hybridized carbons (Fsp3) is 0.190. The van der Waals surface area contributed by atoms with Crippen molar-refractivity contribution in [2.45, 2.75) is 6.92 Å². The molecule has 0 aliphatic heterocycles. The summed E-state index contributed by atoms with van der Waals surface area (Å²) in [5.74, 6) is 0.139. The smallest absolute Gasteiger partial charge is 0.358 e. The molecule has 0 saturated heterocycles.